The van der Waals surface area contributed by atoms with Gasteiger partial charge in [-0.3, -0.25) is 4.79 Å². The lowest BCUT2D eigenvalue weighted by Crippen LogP contribution is -2.50. The molecule has 1 heterocycles. The molecule has 2 N–H and O–H groups in total. The van der Waals surface area contributed by atoms with Gasteiger partial charge in [-0.1, -0.05) is 24.3 Å². The molecule has 7 heteroatoms. The lowest BCUT2D eigenvalue weighted by molar-refractivity contribution is -0.134. The summed E-state index contributed by atoms with van der Waals surface area (Å²) in [5.41, 5.74) is 4.65. The number of rotatable bonds is 7. The van der Waals surface area contributed by atoms with E-state index in [1.165, 1.54) is 16.8 Å². The molecule has 1 aliphatic heterocycles. The van der Waals surface area contributed by atoms with Gasteiger partial charge in [-0.25, -0.2) is 4.79 Å². The number of esters is 1. The number of anilines is 2. The second kappa shape index (κ2) is 10.1. The number of amides is 1. The normalized spacial score (nSPS) is 13.8. The Bertz CT molecular complexity index is 892. The van der Waals surface area contributed by atoms with E-state index in [1.54, 1.807) is 29.2 Å². The van der Waals surface area contributed by atoms with E-state index in [-0.39, 0.29) is 19.1 Å². The minimum absolute atomic E-state index is 0.0457. The topological polar surface area (TPSA) is 82.1 Å². The smallest absolute Gasteiger partial charge is 0.340 e. The molecule has 2 aromatic rings. The summed E-state index contributed by atoms with van der Waals surface area (Å²) in [4.78, 5) is 29.0. The van der Waals surface area contributed by atoms with Crippen LogP contribution in [0, 0.1) is 13.8 Å². The quantitative estimate of drug-likeness (QED) is 0.680. The summed E-state index contributed by atoms with van der Waals surface area (Å²) in [7, 11) is 0. The van der Waals surface area contributed by atoms with Gasteiger partial charge in [0.05, 0.1) is 12.2 Å². The van der Waals surface area contributed by atoms with Crippen LogP contribution in [0.2, 0.25) is 0 Å². The fourth-order valence-electron chi connectivity index (χ4n) is 3.58. The molecule has 0 unspecified atom stereocenters. The summed E-state index contributed by atoms with van der Waals surface area (Å²) in [6.45, 7) is 6.91. The number of piperazine rings is 1. The van der Waals surface area contributed by atoms with Gasteiger partial charge in [0.25, 0.3) is 5.91 Å². The Balaban J connectivity index is 1.52. The number of aliphatic hydroxyl groups is 1. The Morgan fingerprint density at radius 1 is 1.03 bits per heavy atom. The van der Waals surface area contributed by atoms with E-state index in [1.807, 2.05) is 0 Å². The van der Waals surface area contributed by atoms with Crippen LogP contribution in [0.1, 0.15) is 21.5 Å². The summed E-state index contributed by atoms with van der Waals surface area (Å²) >= 11 is 0. The summed E-state index contributed by atoms with van der Waals surface area (Å²) in [5, 5.41) is 11.9. The van der Waals surface area contributed by atoms with Gasteiger partial charge < -0.3 is 25.0 Å². The minimum atomic E-state index is -0.557. The van der Waals surface area contributed by atoms with Crippen LogP contribution in [0.5, 0.6) is 0 Å². The molecule has 0 aliphatic carbocycles. The maximum atomic E-state index is 12.5. The van der Waals surface area contributed by atoms with E-state index in [4.69, 9.17) is 9.84 Å². The van der Waals surface area contributed by atoms with E-state index in [9.17, 15) is 9.59 Å². The van der Waals surface area contributed by atoms with Crippen molar-refractivity contribution in [2.24, 2.45) is 0 Å². The Labute approximate surface area is 177 Å². The lowest BCUT2D eigenvalue weighted by atomic mass is 10.1. The maximum Gasteiger partial charge on any atom is 0.340 e. The van der Waals surface area contributed by atoms with Crippen molar-refractivity contribution in [1.82, 2.24) is 4.90 Å². The molecule has 7 nitrogen and oxygen atoms in total. The Kier molecular flexibility index (Phi) is 7.30. The SMILES string of the molecule is Cc1cccc(N2CCN(C(=O)COC(=O)c3ccccc3NCCO)CC2)c1C. The van der Waals surface area contributed by atoms with Gasteiger partial charge in [0.2, 0.25) is 0 Å². The molecule has 1 fully saturated rings. The molecule has 0 atom stereocenters. The van der Waals surface area contributed by atoms with E-state index < -0.39 is 5.97 Å². The zero-order valence-electron chi connectivity index (χ0n) is 17.6. The molecule has 0 bridgehead atoms. The highest BCUT2D eigenvalue weighted by Crippen LogP contribution is 2.24. The van der Waals surface area contributed by atoms with Crippen LogP contribution in [0.25, 0.3) is 0 Å². The van der Waals surface area contributed by atoms with Gasteiger partial charge >= 0.3 is 5.97 Å². The number of para-hydroxylation sites is 1. The Hall–Kier alpha value is -3.06. The second-order valence-electron chi connectivity index (χ2n) is 7.36. The summed E-state index contributed by atoms with van der Waals surface area (Å²) in [6, 6.07) is 13.2. The number of ether oxygens (including phenoxy) is 1. The highest BCUT2D eigenvalue weighted by molar-refractivity contribution is 5.96. The summed E-state index contributed by atoms with van der Waals surface area (Å²) in [5.74, 6) is -0.747. The molecule has 0 spiro atoms. The van der Waals surface area contributed by atoms with E-state index in [0.717, 1.165) is 13.1 Å². The summed E-state index contributed by atoms with van der Waals surface area (Å²) in [6.07, 6.45) is 0. The molecule has 160 valence electrons. The standard InChI is InChI=1S/C23H29N3O4/c1-17-6-5-9-21(18(17)2)25-11-13-26(14-12-25)22(28)16-30-23(29)19-7-3-4-8-20(19)24-10-15-27/h3-9,24,27H,10-16H2,1-2H3. The van der Waals surface area contributed by atoms with Crippen molar-refractivity contribution in [3.63, 3.8) is 0 Å². The highest BCUT2D eigenvalue weighted by Gasteiger charge is 2.23. The molecule has 3 rings (SSSR count). The van der Waals surface area contributed by atoms with E-state index in [0.29, 0.717) is 30.9 Å². The molecule has 0 saturated carbocycles. The van der Waals surface area contributed by atoms with Gasteiger partial charge in [-0.15, -0.1) is 0 Å². The van der Waals surface area contributed by atoms with Gasteiger partial charge in [0.1, 0.15) is 0 Å². The number of nitrogens with one attached hydrogen (secondary N) is 1. The zero-order valence-corrected chi connectivity index (χ0v) is 17.6. The average molecular weight is 412 g/mol. The van der Waals surface area contributed by atoms with Crippen molar-refractivity contribution in [2.75, 3.05) is 56.2 Å². The third-order valence-corrected chi connectivity index (χ3v) is 5.45. The molecule has 0 aromatic heterocycles. The van der Waals surface area contributed by atoms with Crippen LogP contribution in [-0.4, -0.2) is 67.8 Å². The minimum Gasteiger partial charge on any atom is -0.452 e. The largest absolute Gasteiger partial charge is 0.452 e. The first-order valence-corrected chi connectivity index (χ1v) is 10.2. The molecule has 0 radical (unpaired) electrons. The second-order valence-corrected chi connectivity index (χ2v) is 7.36. The van der Waals surface area contributed by atoms with Crippen LogP contribution < -0.4 is 10.2 Å². The van der Waals surface area contributed by atoms with Crippen molar-refractivity contribution in [1.29, 1.82) is 0 Å². The zero-order chi connectivity index (χ0) is 21.5. The average Bonchev–Trinajstić information content (AvgIpc) is 2.78. The fraction of sp³-hybridized carbons (Fsp3) is 0.391. The molecular formula is C23H29N3O4. The van der Waals surface area contributed by atoms with Crippen molar-refractivity contribution < 1.29 is 19.4 Å². The molecule has 30 heavy (non-hydrogen) atoms. The number of hydrogen-bond acceptors (Lipinski definition) is 6. The molecule has 1 amide bonds. The predicted molar refractivity (Wildman–Crippen MR) is 117 cm³/mol. The first kappa shape index (κ1) is 21.6. The summed E-state index contributed by atoms with van der Waals surface area (Å²) < 4.78 is 5.26. The monoisotopic (exact) mass is 411 g/mol. The third-order valence-electron chi connectivity index (χ3n) is 5.45. The van der Waals surface area contributed by atoms with Crippen molar-refractivity contribution in [2.45, 2.75) is 13.8 Å². The van der Waals surface area contributed by atoms with Crippen LogP contribution in [-0.2, 0) is 9.53 Å². The first-order valence-electron chi connectivity index (χ1n) is 10.2. The number of carbonyl (C=O) groups excluding carboxylic acids is 2. The van der Waals surface area contributed by atoms with Crippen LogP contribution in [0.15, 0.2) is 42.5 Å². The Morgan fingerprint density at radius 2 is 1.77 bits per heavy atom. The van der Waals surface area contributed by atoms with E-state index >= 15 is 0 Å². The van der Waals surface area contributed by atoms with Crippen molar-refractivity contribution >= 4 is 23.3 Å². The molecule has 2 aromatic carbocycles. The highest BCUT2D eigenvalue weighted by atomic mass is 16.5. The number of nitrogens with zero attached hydrogens (tertiary/aromatic N) is 2. The Morgan fingerprint density at radius 3 is 2.50 bits per heavy atom. The third kappa shape index (κ3) is 5.10. The number of benzene rings is 2. The molecule has 1 saturated heterocycles. The predicted octanol–water partition coefficient (Wildman–Crippen LogP) is 2.21. The number of hydrogen-bond donors (Lipinski definition) is 2. The van der Waals surface area contributed by atoms with Gasteiger partial charge in [0.15, 0.2) is 6.61 Å². The first-order chi connectivity index (χ1) is 14.5. The van der Waals surface area contributed by atoms with Gasteiger partial charge in [-0.2, -0.15) is 0 Å². The van der Waals surface area contributed by atoms with Crippen molar-refractivity contribution in [3.05, 3.63) is 59.2 Å². The number of aryl methyl sites for hydroxylation is 1. The van der Waals surface area contributed by atoms with Crippen LogP contribution in [0.3, 0.4) is 0 Å². The molecule has 1 aliphatic rings. The van der Waals surface area contributed by atoms with E-state index in [2.05, 4.69) is 42.3 Å². The maximum absolute atomic E-state index is 12.5. The number of carbonyl (C=O) groups is 2. The van der Waals surface area contributed by atoms with Gasteiger partial charge in [0, 0.05) is 44.1 Å². The van der Waals surface area contributed by atoms with Crippen LogP contribution in [0.4, 0.5) is 11.4 Å². The van der Waals surface area contributed by atoms with Crippen molar-refractivity contribution in [3.8, 4) is 0 Å². The van der Waals surface area contributed by atoms with Crippen LogP contribution >= 0.6 is 0 Å². The van der Waals surface area contributed by atoms with Gasteiger partial charge in [-0.05, 0) is 43.2 Å². The number of aliphatic hydroxyl groups excluding tert-OH is 1. The lowest BCUT2D eigenvalue weighted by Gasteiger charge is -2.37. The molecular weight excluding hydrogens is 382 g/mol. The fourth-order valence-corrected chi connectivity index (χ4v) is 3.58.